The quantitative estimate of drug-likeness (QED) is 0.479. The van der Waals surface area contributed by atoms with Crippen molar-refractivity contribution >= 4 is 45.1 Å². The molecule has 4 heteroatoms. The van der Waals surface area contributed by atoms with Gasteiger partial charge in [-0.1, -0.05) is 34.6 Å². The molecule has 0 amide bonds. The van der Waals surface area contributed by atoms with Gasteiger partial charge in [0, 0.05) is 5.75 Å². The molecule has 1 atom stereocenters. The van der Waals surface area contributed by atoms with E-state index in [0.717, 1.165) is 10.3 Å². The third-order valence-corrected chi connectivity index (χ3v) is 6.12. The van der Waals surface area contributed by atoms with Crippen LogP contribution in [0.5, 0.6) is 0 Å². The van der Waals surface area contributed by atoms with Crippen LogP contribution >= 0.6 is 45.1 Å². The summed E-state index contributed by atoms with van der Waals surface area (Å²) in [7, 11) is 3.81. The highest BCUT2D eigenvalue weighted by Gasteiger charge is 2.02. The molecule has 0 fully saturated rings. The van der Waals surface area contributed by atoms with Gasteiger partial charge < -0.3 is 0 Å². The molecule has 0 saturated heterocycles. The summed E-state index contributed by atoms with van der Waals surface area (Å²) < 4.78 is 0.744. The average molecular weight is 240 g/mol. The van der Waals surface area contributed by atoms with Crippen LogP contribution in [0.15, 0.2) is 11.5 Å². The third-order valence-electron chi connectivity index (χ3n) is 1.17. The Bertz CT molecular complexity index is 110. The molecule has 0 aromatic rings. The summed E-state index contributed by atoms with van der Waals surface area (Å²) in [6.45, 7) is 2.24. The minimum atomic E-state index is 0.744. The van der Waals surface area contributed by atoms with Gasteiger partial charge in [-0.3, -0.25) is 0 Å². The number of thioether (sulfide) groups is 2. The van der Waals surface area contributed by atoms with E-state index < -0.39 is 0 Å². The molecule has 0 aliphatic carbocycles. The van der Waals surface area contributed by atoms with E-state index in [1.54, 1.807) is 0 Å². The SMILES string of the molecule is CC[C@H](SC)SS/C=C/CSC. The average Bonchev–Trinajstić information content (AvgIpc) is 2.11. The molecule has 0 bridgehead atoms. The molecule has 0 aromatic heterocycles. The van der Waals surface area contributed by atoms with Gasteiger partial charge in [-0.15, -0.1) is 0 Å². The Morgan fingerprint density at radius 3 is 2.58 bits per heavy atom. The van der Waals surface area contributed by atoms with Crippen molar-refractivity contribution < 1.29 is 0 Å². The molecule has 72 valence electrons. The Morgan fingerprint density at radius 1 is 1.33 bits per heavy atom. The van der Waals surface area contributed by atoms with Gasteiger partial charge in [0.05, 0.1) is 4.58 Å². The molecule has 0 aliphatic rings. The van der Waals surface area contributed by atoms with Gasteiger partial charge in [-0.2, -0.15) is 23.5 Å². The largest absolute Gasteiger partial charge is 0.161 e. The van der Waals surface area contributed by atoms with Crippen molar-refractivity contribution in [2.75, 3.05) is 18.3 Å². The van der Waals surface area contributed by atoms with Crippen LogP contribution in [0.4, 0.5) is 0 Å². The van der Waals surface area contributed by atoms with E-state index in [0.29, 0.717) is 0 Å². The van der Waals surface area contributed by atoms with Gasteiger partial charge in [-0.05, 0) is 24.3 Å². The maximum atomic E-state index is 2.24. The first-order valence-electron chi connectivity index (χ1n) is 3.84. The van der Waals surface area contributed by atoms with Crippen molar-refractivity contribution in [2.24, 2.45) is 0 Å². The van der Waals surface area contributed by atoms with Crippen molar-refractivity contribution in [3.05, 3.63) is 11.5 Å². The van der Waals surface area contributed by atoms with Crippen molar-refractivity contribution in [1.82, 2.24) is 0 Å². The van der Waals surface area contributed by atoms with Gasteiger partial charge in [-0.25, -0.2) is 0 Å². The summed E-state index contributed by atoms with van der Waals surface area (Å²) in [5, 5.41) is 2.19. The number of hydrogen-bond donors (Lipinski definition) is 0. The van der Waals surface area contributed by atoms with E-state index >= 15 is 0 Å². The predicted octanol–water partition coefficient (Wildman–Crippen LogP) is 4.34. The summed E-state index contributed by atoms with van der Waals surface area (Å²) in [4.78, 5) is 0. The maximum absolute atomic E-state index is 2.24. The van der Waals surface area contributed by atoms with Crippen LogP contribution < -0.4 is 0 Å². The highest BCUT2D eigenvalue weighted by Crippen LogP contribution is 2.35. The molecular formula is C8H16S4. The fraction of sp³-hybridized carbons (Fsp3) is 0.750. The van der Waals surface area contributed by atoms with Crippen LogP contribution in [0.2, 0.25) is 0 Å². The van der Waals surface area contributed by atoms with E-state index in [1.165, 1.54) is 6.42 Å². The lowest BCUT2D eigenvalue weighted by molar-refractivity contribution is 1.06. The first-order chi connectivity index (χ1) is 5.85. The fourth-order valence-electron chi connectivity index (χ4n) is 0.543. The van der Waals surface area contributed by atoms with Gasteiger partial charge in [0.25, 0.3) is 0 Å². The highest BCUT2D eigenvalue weighted by atomic mass is 33.1. The predicted molar refractivity (Wildman–Crippen MR) is 70.3 cm³/mol. The Hall–Kier alpha value is 1.14. The van der Waals surface area contributed by atoms with Crippen LogP contribution in [0, 0.1) is 0 Å². The summed E-state index contributed by atoms with van der Waals surface area (Å²) >= 11 is 3.79. The van der Waals surface area contributed by atoms with Gasteiger partial charge in [0.15, 0.2) is 0 Å². The zero-order chi connectivity index (χ0) is 9.23. The van der Waals surface area contributed by atoms with Crippen molar-refractivity contribution in [3.63, 3.8) is 0 Å². The Balaban J connectivity index is 3.27. The molecule has 0 radical (unpaired) electrons. The molecule has 0 unspecified atom stereocenters. The molecule has 12 heavy (non-hydrogen) atoms. The van der Waals surface area contributed by atoms with Crippen LogP contribution in [-0.4, -0.2) is 22.8 Å². The third kappa shape index (κ3) is 7.77. The van der Waals surface area contributed by atoms with E-state index in [1.807, 2.05) is 45.1 Å². The Kier molecular flexibility index (Phi) is 11.2. The monoisotopic (exact) mass is 240 g/mol. The summed E-state index contributed by atoms with van der Waals surface area (Å²) in [5.74, 6) is 1.13. The lowest BCUT2D eigenvalue weighted by Gasteiger charge is -2.07. The first kappa shape index (κ1) is 13.1. The Labute approximate surface area is 92.5 Å². The topological polar surface area (TPSA) is 0 Å². The van der Waals surface area contributed by atoms with Crippen LogP contribution in [0.1, 0.15) is 13.3 Å². The lowest BCUT2D eigenvalue weighted by atomic mass is 10.6. The minimum absolute atomic E-state index is 0.744. The molecule has 0 nitrogen and oxygen atoms in total. The second-order valence-corrected chi connectivity index (χ2v) is 6.72. The first-order valence-corrected chi connectivity index (χ1v) is 8.79. The van der Waals surface area contributed by atoms with Crippen LogP contribution in [0.3, 0.4) is 0 Å². The van der Waals surface area contributed by atoms with E-state index in [-0.39, 0.29) is 0 Å². The van der Waals surface area contributed by atoms with E-state index in [2.05, 4.69) is 30.9 Å². The van der Waals surface area contributed by atoms with Gasteiger partial charge in [0.1, 0.15) is 0 Å². The van der Waals surface area contributed by atoms with E-state index in [9.17, 15) is 0 Å². The van der Waals surface area contributed by atoms with Crippen molar-refractivity contribution in [3.8, 4) is 0 Å². The minimum Gasteiger partial charge on any atom is -0.161 e. The Morgan fingerprint density at radius 2 is 2.08 bits per heavy atom. The van der Waals surface area contributed by atoms with Crippen LogP contribution in [-0.2, 0) is 0 Å². The molecular weight excluding hydrogens is 224 g/mol. The summed E-state index contributed by atoms with van der Waals surface area (Å²) in [6.07, 6.45) is 7.76. The van der Waals surface area contributed by atoms with E-state index in [4.69, 9.17) is 0 Å². The second-order valence-electron chi connectivity index (χ2n) is 2.09. The fourth-order valence-corrected chi connectivity index (χ4v) is 4.42. The van der Waals surface area contributed by atoms with Crippen LogP contribution in [0.25, 0.3) is 0 Å². The molecule has 0 saturated carbocycles. The zero-order valence-corrected chi connectivity index (χ0v) is 11.0. The number of rotatable bonds is 7. The normalized spacial score (nSPS) is 13.9. The summed E-state index contributed by atoms with van der Waals surface area (Å²) in [5.41, 5.74) is 0. The number of hydrogen-bond acceptors (Lipinski definition) is 4. The molecule has 0 aromatic carbocycles. The van der Waals surface area contributed by atoms with Gasteiger partial charge in [0.2, 0.25) is 0 Å². The smallest absolute Gasteiger partial charge is 0.0603 e. The summed E-state index contributed by atoms with van der Waals surface area (Å²) in [6, 6.07) is 0. The maximum Gasteiger partial charge on any atom is 0.0603 e. The molecule has 0 heterocycles. The van der Waals surface area contributed by atoms with Crippen molar-refractivity contribution in [1.29, 1.82) is 0 Å². The second kappa shape index (κ2) is 10.2. The zero-order valence-electron chi connectivity index (χ0n) is 7.78. The molecule has 0 rings (SSSR count). The molecule has 0 spiro atoms. The van der Waals surface area contributed by atoms with Crippen molar-refractivity contribution in [2.45, 2.75) is 17.9 Å². The molecule has 0 N–H and O–H groups in total. The molecule has 0 aliphatic heterocycles. The highest BCUT2D eigenvalue weighted by molar-refractivity contribution is 8.79. The standard InChI is InChI=1S/C8H16S4/c1-4-8(10-3)12-11-7-5-6-9-2/h5,7-8H,4,6H2,1-3H3/b7-5+/t8-/m1/s1. The lowest BCUT2D eigenvalue weighted by Crippen LogP contribution is -1.88. The van der Waals surface area contributed by atoms with Gasteiger partial charge >= 0.3 is 0 Å².